The van der Waals surface area contributed by atoms with Gasteiger partial charge in [-0.15, -0.1) is 0 Å². The number of nitrogens with zero attached hydrogens (tertiary/aromatic N) is 5. The highest BCUT2D eigenvalue weighted by Gasteiger charge is 2.27. The van der Waals surface area contributed by atoms with Crippen molar-refractivity contribution in [3.05, 3.63) is 64.7 Å². The third-order valence-corrected chi connectivity index (χ3v) is 5.76. The molecule has 1 saturated heterocycles. The Morgan fingerprint density at radius 3 is 2.77 bits per heavy atom. The van der Waals surface area contributed by atoms with Gasteiger partial charge in [-0.3, -0.25) is 4.79 Å². The predicted octanol–water partition coefficient (Wildman–Crippen LogP) is 3.47. The van der Waals surface area contributed by atoms with Gasteiger partial charge in [-0.25, -0.2) is 14.6 Å². The summed E-state index contributed by atoms with van der Waals surface area (Å²) in [6.07, 6.45) is 3.35. The molecule has 3 aromatic rings. The monoisotopic (exact) mass is 424 g/mol. The fourth-order valence-corrected chi connectivity index (χ4v) is 4.06. The van der Waals surface area contributed by atoms with E-state index in [4.69, 9.17) is 11.6 Å². The van der Waals surface area contributed by atoms with Crippen LogP contribution in [-0.2, 0) is 11.3 Å². The van der Waals surface area contributed by atoms with E-state index in [1.807, 2.05) is 54.9 Å². The summed E-state index contributed by atoms with van der Waals surface area (Å²) in [4.78, 5) is 23.7. The fourth-order valence-electron chi connectivity index (χ4n) is 3.85. The van der Waals surface area contributed by atoms with Crippen LogP contribution in [0.2, 0.25) is 5.02 Å². The molecule has 0 radical (unpaired) electrons. The van der Waals surface area contributed by atoms with Crippen molar-refractivity contribution < 1.29 is 4.79 Å². The number of hydrogen-bond donors (Lipinski definition) is 1. The van der Waals surface area contributed by atoms with Crippen LogP contribution in [0.3, 0.4) is 0 Å². The van der Waals surface area contributed by atoms with Crippen LogP contribution in [0.5, 0.6) is 0 Å². The number of amides is 1. The second-order valence-corrected chi connectivity index (χ2v) is 8.07. The molecule has 1 aromatic carbocycles. The van der Waals surface area contributed by atoms with Gasteiger partial charge in [0.25, 0.3) is 0 Å². The SMILES string of the molecule is Cc1cc(C)n(-c2cc(N3CCCC(C(=O)NCc4ccccc4Cl)C3)ncn2)n1. The molecule has 0 saturated carbocycles. The smallest absolute Gasteiger partial charge is 0.225 e. The van der Waals surface area contributed by atoms with Crippen molar-refractivity contribution in [2.24, 2.45) is 5.92 Å². The first-order valence-electron chi connectivity index (χ1n) is 10.1. The van der Waals surface area contributed by atoms with E-state index in [-0.39, 0.29) is 11.8 Å². The standard InChI is InChI=1S/C22H25ClN6O/c1-15-10-16(2)29(27-15)21-11-20(25-14-26-21)28-9-5-7-18(13-28)22(30)24-12-17-6-3-4-8-19(17)23/h3-4,6,8,10-11,14,18H,5,7,9,12-13H2,1-2H3,(H,24,30). The summed E-state index contributed by atoms with van der Waals surface area (Å²) < 4.78 is 1.82. The lowest BCUT2D eigenvalue weighted by atomic mass is 9.97. The van der Waals surface area contributed by atoms with Crippen molar-refractivity contribution in [1.82, 2.24) is 25.1 Å². The van der Waals surface area contributed by atoms with E-state index >= 15 is 0 Å². The predicted molar refractivity (Wildman–Crippen MR) is 117 cm³/mol. The van der Waals surface area contributed by atoms with Gasteiger partial charge < -0.3 is 10.2 Å². The molecule has 1 amide bonds. The van der Waals surface area contributed by atoms with E-state index in [1.54, 1.807) is 6.33 Å². The Kier molecular flexibility index (Phi) is 5.99. The lowest BCUT2D eigenvalue weighted by molar-refractivity contribution is -0.125. The van der Waals surface area contributed by atoms with E-state index in [0.717, 1.165) is 48.0 Å². The molecule has 0 aliphatic carbocycles. The molecule has 0 bridgehead atoms. The van der Waals surface area contributed by atoms with Gasteiger partial charge in [0, 0.05) is 36.4 Å². The van der Waals surface area contributed by atoms with Crippen LogP contribution in [0.1, 0.15) is 29.8 Å². The zero-order valence-electron chi connectivity index (χ0n) is 17.2. The number of hydrogen-bond acceptors (Lipinski definition) is 5. The number of aryl methyl sites for hydroxylation is 2. The first kappa shape index (κ1) is 20.3. The van der Waals surface area contributed by atoms with Gasteiger partial charge in [0.15, 0.2) is 5.82 Å². The number of nitrogens with one attached hydrogen (secondary N) is 1. The zero-order valence-corrected chi connectivity index (χ0v) is 17.9. The molecule has 7 nitrogen and oxygen atoms in total. The largest absolute Gasteiger partial charge is 0.356 e. The van der Waals surface area contributed by atoms with Gasteiger partial charge in [-0.2, -0.15) is 5.10 Å². The lowest BCUT2D eigenvalue weighted by Gasteiger charge is -2.33. The van der Waals surface area contributed by atoms with Crippen LogP contribution >= 0.6 is 11.6 Å². The molecule has 1 aliphatic rings. The molecule has 1 N–H and O–H groups in total. The Morgan fingerprint density at radius 1 is 1.20 bits per heavy atom. The molecule has 1 atom stereocenters. The highest BCUT2D eigenvalue weighted by molar-refractivity contribution is 6.31. The number of benzene rings is 1. The summed E-state index contributed by atoms with van der Waals surface area (Å²) in [6.45, 7) is 5.89. The molecule has 2 aromatic heterocycles. The molecular formula is C22H25ClN6O. The number of aromatic nitrogens is 4. The van der Waals surface area contributed by atoms with Crippen LogP contribution < -0.4 is 10.2 Å². The number of carbonyl (C=O) groups excluding carboxylic acids is 1. The zero-order chi connectivity index (χ0) is 21.1. The quantitative estimate of drug-likeness (QED) is 0.678. The number of piperidine rings is 1. The number of anilines is 1. The summed E-state index contributed by atoms with van der Waals surface area (Å²) in [7, 11) is 0. The van der Waals surface area contributed by atoms with Gasteiger partial charge in [0.05, 0.1) is 11.6 Å². The first-order valence-corrected chi connectivity index (χ1v) is 10.5. The first-order chi connectivity index (χ1) is 14.5. The van der Waals surface area contributed by atoms with Crippen LogP contribution in [0.25, 0.3) is 5.82 Å². The van der Waals surface area contributed by atoms with E-state index in [9.17, 15) is 4.79 Å². The molecule has 1 unspecified atom stereocenters. The minimum atomic E-state index is -0.0895. The van der Waals surface area contributed by atoms with Gasteiger partial charge in [0.2, 0.25) is 5.91 Å². The van der Waals surface area contributed by atoms with Crippen LogP contribution in [-0.4, -0.2) is 38.7 Å². The highest BCUT2D eigenvalue weighted by atomic mass is 35.5. The lowest BCUT2D eigenvalue weighted by Crippen LogP contribution is -2.43. The van der Waals surface area contributed by atoms with Crippen molar-refractivity contribution in [3.8, 4) is 5.82 Å². The minimum Gasteiger partial charge on any atom is -0.356 e. The Morgan fingerprint density at radius 2 is 2.00 bits per heavy atom. The summed E-state index contributed by atoms with van der Waals surface area (Å²) in [5, 5.41) is 8.20. The normalized spacial score (nSPS) is 16.5. The number of carbonyl (C=O) groups is 1. The Hall–Kier alpha value is -2.93. The van der Waals surface area contributed by atoms with Crippen LogP contribution in [0.4, 0.5) is 5.82 Å². The van der Waals surface area contributed by atoms with E-state index in [0.29, 0.717) is 18.1 Å². The molecule has 156 valence electrons. The van der Waals surface area contributed by atoms with E-state index in [2.05, 4.69) is 25.3 Å². The van der Waals surface area contributed by atoms with Crippen LogP contribution in [0, 0.1) is 19.8 Å². The summed E-state index contributed by atoms with van der Waals surface area (Å²) in [5.41, 5.74) is 2.89. The van der Waals surface area contributed by atoms with E-state index < -0.39 is 0 Å². The number of halogens is 1. The Bertz CT molecular complexity index is 1050. The van der Waals surface area contributed by atoms with E-state index in [1.165, 1.54) is 0 Å². The Labute approximate surface area is 181 Å². The van der Waals surface area contributed by atoms with Crippen molar-refractivity contribution >= 4 is 23.3 Å². The molecule has 1 aliphatic heterocycles. The fraction of sp³-hybridized carbons (Fsp3) is 0.364. The van der Waals surface area contributed by atoms with Gasteiger partial charge >= 0.3 is 0 Å². The second kappa shape index (κ2) is 8.83. The maximum Gasteiger partial charge on any atom is 0.225 e. The molecule has 8 heteroatoms. The minimum absolute atomic E-state index is 0.0486. The van der Waals surface area contributed by atoms with Gasteiger partial charge in [0.1, 0.15) is 12.1 Å². The average Bonchev–Trinajstić information content (AvgIpc) is 3.11. The molecule has 0 spiro atoms. The maximum absolute atomic E-state index is 12.8. The maximum atomic E-state index is 12.8. The molecular weight excluding hydrogens is 400 g/mol. The third kappa shape index (κ3) is 4.46. The second-order valence-electron chi connectivity index (χ2n) is 7.67. The summed E-state index contributed by atoms with van der Waals surface area (Å²) >= 11 is 6.19. The topological polar surface area (TPSA) is 75.9 Å². The number of rotatable bonds is 5. The molecule has 3 heterocycles. The Balaban J connectivity index is 1.44. The van der Waals surface area contributed by atoms with Crippen molar-refractivity contribution in [1.29, 1.82) is 0 Å². The van der Waals surface area contributed by atoms with Crippen molar-refractivity contribution in [3.63, 3.8) is 0 Å². The molecule has 30 heavy (non-hydrogen) atoms. The molecule has 4 rings (SSSR count). The van der Waals surface area contributed by atoms with Crippen LogP contribution in [0.15, 0.2) is 42.7 Å². The van der Waals surface area contributed by atoms with Crippen molar-refractivity contribution in [2.45, 2.75) is 33.2 Å². The van der Waals surface area contributed by atoms with Crippen molar-refractivity contribution in [2.75, 3.05) is 18.0 Å². The highest BCUT2D eigenvalue weighted by Crippen LogP contribution is 2.23. The average molecular weight is 425 g/mol. The van der Waals surface area contributed by atoms with Gasteiger partial charge in [-0.05, 0) is 44.4 Å². The summed E-state index contributed by atoms with van der Waals surface area (Å²) in [5.74, 6) is 1.51. The summed E-state index contributed by atoms with van der Waals surface area (Å²) in [6, 6.07) is 11.5. The third-order valence-electron chi connectivity index (χ3n) is 5.39. The van der Waals surface area contributed by atoms with Gasteiger partial charge in [-0.1, -0.05) is 29.8 Å². The molecule has 1 fully saturated rings.